The number of hydrogen-bond acceptors (Lipinski definition) is 5. The summed E-state index contributed by atoms with van der Waals surface area (Å²) in [5.74, 6) is 2.76. The Morgan fingerprint density at radius 2 is 2.05 bits per heavy atom. The van der Waals surface area contributed by atoms with Gasteiger partial charge in [-0.05, 0) is 20.8 Å². The van der Waals surface area contributed by atoms with Crippen molar-refractivity contribution in [2.75, 3.05) is 36.5 Å². The standard InChI is InChI=1S/C16H28N4O/c1-7-17-12-10-13(19-14(18-12)15(2,3)4)20-8-9-21-16(5,6)11-20/h10H,7-9,11H2,1-6H3,(H,17,18,19). The molecule has 0 aliphatic carbocycles. The second-order valence-corrected chi connectivity index (χ2v) is 7.25. The van der Waals surface area contributed by atoms with Crippen molar-refractivity contribution >= 4 is 11.6 Å². The molecule has 2 heterocycles. The van der Waals surface area contributed by atoms with Crippen LogP contribution >= 0.6 is 0 Å². The molecule has 21 heavy (non-hydrogen) atoms. The molecule has 1 aromatic heterocycles. The van der Waals surface area contributed by atoms with Gasteiger partial charge in [0.2, 0.25) is 0 Å². The molecule has 1 N–H and O–H groups in total. The fraction of sp³-hybridized carbons (Fsp3) is 0.750. The maximum Gasteiger partial charge on any atom is 0.138 e. The van der Waals surface area contributed by atoms with Gasteiger partial charge in [-0.25, -0.2) is 9.97 Å². The van der Waals surface area contributed by atoms with Crippen LogP contribution in [0.4, 0.5) is 11.6 Å². The molecule has 1 fully saturated rings. The lowest BCUT2D eigenvalue weighted by molar-refractivity contribution is -0.0279. The molecule has 5 nitrogen and oxygen atoms in total. The minimum Gasteiger partial charge on any atom is -0.372 e. The summed E-state index contributed by atoms with van der Waals surface area (Å²) in [6.45, 7) is 16.1. The molecular weight excluding hydrogens is 264 g/mol. The highest BCUT2D eigenvalue weighted by atomic mass is 16.5. The third kappa shape index (κ3) is 4.06. The lowest BCUT2D eigenvalue weighted by Crippen LogP contribution is -2.48. The molecule has 0 aromatic carbocycles. The summed E-state index contributed by atoms with van der Waals surface area (Å²) >= 11 is 0. The fourth-order valence-corrected chi connectivity index (χ4v) is 2.42. The number of rotatable bonds is 3. The van der Waals surface area contributed by atoms with E-state index in [1.807, 2.05) is 6.07 Å². The minimum atomic E-state index is -0.135. The Morgan fingerprint density at radius 1 is 1.33 bits per heavy atom. The van der Waals surface area contributed by atoms with E-state index in [2.05, 4.69) is 56.7 Å². The molecule has 1 aliphatic rings. The molecule has 118 valence electrons. The molecule has 1 aromatic rings. The summed E-state index contributed by atoms with van der Waals surface area (Å²) in [5, 5.41) is 3.31. The maximum absolute atomic E-state index is 5.79. The normalized spacial score (nSPS) is 18.7. The second kappa shape index (κ2) is 5.79. The van der Waals surface area contributed by atoms with Crippen LogP contribution in [0.3, 0.4) is 0 Å². The number of hydrogen-bond donors (Lipinski definition) is 1. The molecule has 1 aliphatic heterocycles. The minimum absolute atomic E-state index is 0.0675. The molecule has 5 heteroatoms. The average molecular weight is 292 g/mol. The van der Waals surface area contributed by atoms with Gasteiger partial charge in [0, 0.05) is 31.1 Å². The van der Waals surface area contributed by atoms with Gasteiger partial charge in [0.1, 0.15) is 17.5 Å². The summed E-state index contributed by atoms with van der Waals surface area (Å²) < 4.78 is 5.79. The number of aromatic nitrogens is 2. The monoisotopic (exact) mass is 292 g/mol. The van der Waals surface area contributed by atoms with E-state index in [0.717, 1.165) is 43.7 Å². The molecule has 0 atom stereocenters. The van der Waals surface area contributed by atoms with Crippen LogP contribution < -0.4 is 10.2 Å². The molecule has 0 amide bonds. The van der Waals surface area contributed by atoms with Gasteiger partial charge in [-0.3, -0.25) is 0 Å². The maximum atomic E-state index is 5.79. The Morgan fingerprint density at radius 3 is 2.62 bits per heavy atom. The Kier molecular flexibility index (Phi) is 4.42. The Balaban J connectivity index is 2.35. The number of nitrogens with one attached hydrogen (secondary N) is 1. The van der Waals surface area contributed by atoms with E-state index in [4.69, 9.17) is 9.72 Å². The van der Waals surface area contributed by atoms with Gasteiger partial charge < -0.3 is 15.0 Å². The summed E-state index contributed by atoms with van der Waals surface area (Å²) in [7, 11) is 0. The lowest BCUT2D eigenvalue weighted by atomic mass is 9.95. The van der Waals surface area contributed by atoms with Crippen molar-refractivity contribution in [3.63, 3.8) is 0 Å². The van der Waals surface area contributed by atoms with Gasteiger partial charge in [-0.1, -0.05) is 20.8 Å². The first kappa shape index (κ1) is 16.0. The zero-order valence-electron chi connectivity index (χ0n) is 14.2. The predicted octanol–water partition coefficient (Wildman–Crippen LogP) is 2.82. The first-order valence-electron chi connectivity index (χ1n) is 7.73. The second-order valence-electron chi connectivity index (χ2n) is 7.25. The summed E-state index contributed by atoms with van der Waals surface area (Å²) in [6, 6.07) is 2.04. The molecule has 2 rings (SSSR count). The van der Waals surface area contributed by atoms with Crippen LogP contribution in [-0.4, -0.2) is 41.8 Å². The van der Waals surface area contributed by atoms with Crippen molar-refractivity contribution in [3.05, 3.63) is 11.9 Å². The third-order valence-corrected chi connectivity index (χ3v) is 3.49. The molecule has 0 bridgehead atoms. The highest BCUT2D eigenvalue weighted by Crippen LogP contribution is 2.27. The lowest BCUT2D eigenvalue weighted by Gasteiger charge is -2.39. The Bertz CT molecular complexity index is 494. The van der Waals surface area contributed by atoms with Gasteiger partial charge >= 0.3 is 0 Å². The van der Waals surface area contributed by atoms with Crippen LogP contribution in [0.25, 0.3) is 0 Å². The Labute approximate surface area is 128 Å². The van der Waals surface area contributed by atoms with Gasteiger partial charge in [-0.2, -0.15) is 0 Å². The average Bonchev–Trinajstić information content (AvgIpc) is 2.36. The summed E-state index contributed by atoms with van der Waals surface area (Å²) in [6.07, 6.45) is 0. The Hall–Kier alpha value is -1.36. The number of anilines is 2. The van der Waals surface area contributed by atoms with Crippen LogP contribution in [0, 0.1) is 0 Å². The van der Waals surface area contributed by atoms with Gasteiger partial charge in [0.15, 0.2) is 0 Å². The molecule has 1 saturated heterocycles. The van der Waals surface area contributed by atoms with Crippen LogP contribution in [0.1, 0.15) is 47.4 Å². The van der Waals surface area contributed by atoms with Gasteiger partial charge in [0.25, 0.3) is 0 Å². The van der Waals surface area contributed by atoms with Gasteiger partial charge in [-0.15, -0.1) is 0 Å². The number of morpholine rings is 1. The van der Waals surface area contributed by atoms with Crippen molar-refractivity contribution in [2.45, 2.75) is 52.6 Å². The fourth-order valence-electron chi connectivity index (χ4n) is 2.42. The van der Waals surface area contributed by atoms with E-state index < -0.39 is 0 Å². The largest absolute Gasteiger partial charge is 0.372 e. The quantitative estimate of drug-likeness (QED) is 0.928. The van der Waals surface area contributed by atoms with E-state index in [-0.39, 0.29) is 11.0 Å². The van der Waals surface area contributed by atoms with Crippen molar-refractivity contribution < 1.29 is 4.74 Å². The number of ether oxygens (including phenoxy) is 1. The third-order valence-electron chi connectivity index (χ3n) is 3.49. The van der Waals surface area contributed by atoms with Crippen molar-refractivity contribution in [1.82, 2.24) is 9.97 Å². The van der Waals surface area contributed by atoms with Crippen molar-refractivity contribution in [2.24, 2.45) is 0 Å². The first-order valence-corrected chi connectivity index (χ1v) is 7.73. The molecular formula is C16H28N4O. The highest BCUT2D eigenvalue weighted by molar-refractivity contribution is 5.50. The zero-order valence-corrected chi connectivity index (χ0v) is 14.2. The van der Waals surface area contributed by atoms with E-state index >= 15 is 0 Å². The van der Waals surface area contributed by atoms with Crippen LogP contribution in [0.5, 0.6) is 0 Å². The van der Waals surface area contributed by atoms with Crippen molar-refractivity contribution in [1.29, 1.82) is 0 Å². The van der Waals surface area contributed by atoms with Gasteiger partial charge in [0.05, 0.1) is 12.2 Å². The molecule has 0 radical (unpaired) electrons. The molecule has 0 spiro atoms. The van der Waals surface area contributed by atoms with Crippen LogP contribution in [-0.2, 0) is 10.2 Å². The van der Waals surface area contributed by atoms with E-state index in [9.17, 15) is 0 Å². The molecule has 0 unspecified atom stereocenters. The zero-order chi connectivity index (χ0) is 15.7. The SMILES string of the molecule is CCNc1cc(N2CCOC(C)(C)C2)nc(C(C)(C)C)n1. The van der Waals surface area contributed by atoms with E-state index in [1.54, 1.807) is 0 Å². The van der Waals surface area contributed by atoms with E-state index in [0.29, 0.717) is 0 Å². The highest BCUT2D eigenvalue weighted by Gasteiger charge is 2.29. The van der Waals surface area contributed by atoms with Crippen LogP contribution in [0.2, 0.25) is 0 Å². The first-order chi connectivity index (χ1) is 9.71. The predicted molar refractivity (Wildman–Crippen MR) is 87.1 cm³/mol. The smallest absolute Gasteiger partial charge is 0.138 e. The summed E-state index contributed by atoms with van der Waals surface area (Å²) in [5.41, 5.74) is -0.203. The topological polar surface area (TPSA) is 50.3 Å². The van der Waals surface area contributed by atoms with Crippen molar-refractivity contribution in [3.8, 4) is 0 Å². The summed E-state index contributed by atoms with van der Waals surface area (Å²) in [4.78, 5) is 11.7. The molecule has 0 saturated carbocycles. The van der Waals surface area contributed by atoms with Crippen LogP contribution in [0.15, 0.2) is 6.07 Å². The van der Waals surface area contributed by atoms with E-state index in [1.165, 1.54) is 0 Å². The number of nitrogens with zero attached hydrogens (tertiary/aromatic N) is 3.